The molecule has 0 bridgehead atoms. The van der Waals surface area contributed by atoms with Crippen LogP contribution in [0.4, 0.5) is 8.78 Å². The summed E-state index contributed by atoms with van der Waals surface area (Å²) in [5.74, 6) is -2.01. The van der Waals surface area contributed by atoms with Crippen LogP contribution in [0.1, 0.15) is 44.7 Å². The Morgan fingerprint density at radius 1 is 1.33 bits per heavy atom. The molecular formula is C18H24F2N2O2. The Kier molecular flexibility index (Phi) is 5.26. The summed E-state index contributed by atoms with van der Waals surface area (Å²) in [7, 11) is 0. The summed E-state index contributed by atoms with van der Waals surface area (Å²) < 4.78 is 27.8. The molecule has 0 spiro atoms. The fourth-order valence-electron chi connectivity index (χ4n) is 3.10. The number of hydrogen-bond acceptors (Lipinski definition) is 2. The van der Waals surface area contributed by atoms with E-state index in [9.17, 15) is 18.4 Å². The number of nitrogens with one attached hydrogen (secondary N) is 1. The van der Waals surface area contributed by atoms with Crippen LogP contribution in [-0.4, -0.2) is 28.8 Å². The van der Waals surface area contributed by atoms with E-state index >= 15 is 0 Å². The van der Waals surface area contributed by atoms with E-state index in [1.54, 1.807) is 32.6 Å². The van der Waals surface area contributed by atoms with E-state index < -0.39 is 17.2 Å². The number of benzene rings is 1. The highest BCUT2D eigenvalue weighted by Gasteiger charge is 2.45. The molecule has 0 aliphatic carbocycles. The van der Waals surface area contributed by atoms with Gasteiger partial charge in [-0.25, -0.2) is 8.78 Å². The fourth-order valence-corrected chi connectivity index (χ4v) is 3.10. The highest BCUT2D eigenvalue weighted by molar-refractivity contribution is 5.92. The molecule has 1 N–H and O–H groups in total. The van der Waals surface area contributed by atoms with Gasteiger partial charge in [-0.15, -0.1) is 0 Å². The summed E-state index contributed by atoms with van der Waals surface area (Å²) in [5.41, 5.74) is -0.811. The van der Waals surface area contributed by atoms with Crippen molar-refractivity contribution >= 4 is 11.8 Å². The fraction of sp³-hybridized carbons (Fsp3) is 0.556. The third-order valence-corrected chi connectivity index (χ3v) is 4.69. The molecule has 1 aliphatic rings. The molecule has 1 saturated heterocycles. The Morgan fingerprint density at radius 2 is 2.00 bits per heavy atom. The van der Waals surface area contributed by atoms with Crippen LogP contribution in [0, 0.1) is 24.5 Å². The van der Waals surface area contributed by atoms with Gasteiger partial charge in [-0.1, -0.05) is 19.9 Å². The molecule has 132 valence electrons. The maximum absolute atomic E-state index is 14.0. The Balaban J connectivity index is 2.15. The molecule has 0 aromatic heterocycles. The van der Waals surface area contributed by atoms with E-state index in [0.717, 1.165) is 6.42 Å². The lowest BCUT2D eigenvalue weighted by molar-refractivity contribution is -0.146. The molecule has 1 unspecified atom stereocenters. The molecule has 24 heavy (non-hydrogen) atoms. The monoisotopic (exact) mass is 338 g/mol. The van der Waals surface area contributed by atoms with E-state index in [0.29, 0.717) is 18.5 Å². The number of likely N-dealkylation sites (tertiary alicyclic amines) is 1. The first-order valence-electron chi connectivity index (χ1n) is 8.21. The molecule has 2 rings (SSSR count). The number of hydrogen-bond donors (Lipinski definition) is 1. The third kappa shape index (κ3) is 3.28. The first-order valence-corrected chi connectivity index (χ1v) is 8.21. The van der Waals surface area contributed by atoms with Crippen LogP contribution in [0.5, 0.6) is 0 Å². The van der Waals surface area contributed by atoms with Crippen molar-refractivity contribution in [2.75, 3.05) is 6.54 Å². The van der Waals surface area contributed by atoms with Gasteiger partial charge in [0.05, 0.1) is 0 Å². The molecule has 0 saturated carbocycles. The zero-order valence-electron chi connectivity index (χ0n) is 14.6. The van der Waals surface area contributed by atoms with Crippen molar-refractivity contribution in [3.05, 3.63) is 34.9 Å². The third-order valence-electron chi connectivity index (χ3n) is 4.69. The standard InChI is InChI=1S/C18H24F2N2O2/c1-11(2)16(23)22-9-5-8-18(22,4)17(24)21-10-13-14(19)7-6-12(3)15(13)20/h6-7,11H,5,8-10H2,1-4H3,(H,21,24). The van der Waals surface area contributed by atoms with Crippen LogP contribution in [0.3, 0.4) is 0 Å². The highest BCUT2D eigenvalue weighted by atomic mass is 19.1. The number of aryl methyl sites for hydroxylation is 1. The molecule has 1 aliphatic heterocycles. The molecule has 6 heteroatoms. The van der Waals surface area contributed by atoms with E-state index in [1.807, 2.05) is 0 Å². The summed E-state index contributed by atoms with van der Waals surface area (Å²) in [6.45, 7) is 7.11. The Morgan fingerprint density at radius 3 is 2.62 bits per heavy atom. The van der Waals surface area contributed by atoms with E-state index in [-0.39, 0.29) is 29.8 Å². The summed E-state index contributed by atoms with van der Waals surface area (Å²) in [4.78, 5) is 26.5. The van der Waals surface area contributed by atoms with Gasteiger partial charge in [0.25, 0.3) is 0 Å². The molecule has 1 heterocycles. The van der Waals surface area contributed by atoms with Gasteiger partial charge in [-0.2, -0.15) is 0 Å². The molecule has 2 amide bonds. The summed E-state index contributed by atoms with van der Waals surface area (Å²) in [6.07, 6.45) is 1.27. The number of carbonyl (C=O) groups excluding carboxylic acids is 2. The lowest BCUT2D eigenvalue weighted by Gasteiger charge is -2.35. The van der Waals surface area contributed by atoms with Gasteiger partial charge < -0.3 is 10.2 Å². The van der Waals surface area contributed by atoms with Crippen molar-refractivity contribution in [2.24, 2.45) is 5.92 Å². The van der Waals surface area contributed by atoms with Crippen molar-refractivity contribution in [3.8, 4) is 0 Å². The van der Waals surface area contributed by atoms with Crippen LogP contribution in [0.2, 0.25) is 0 Å². The maximum Gasteiger partial charge on any atom is 0.245 e. The smallest absolute Gasteiger partial charge is 0.245 e. The molecule has 1 atom stereocenters. The summed E-state index contributed by atoms with van der Waals surface area (Å²) in [6, 6.07) is 2.54. The molecule has 1 fully saturated rings. The van der Waals surface area contributed by atoms with Crippen molar-refractivity contribution in [3.63, 3.8) is 0 Å². The molecule has 1 aromatic rings. The topological polar surface area (TPSA) is 49.4 Å². The number of rotatable bonds is 4. The van der Waals surface area contributed by atoms with Gasteiger partial charge in [0.1, 0.15) is 17.2 Å². The SMILES string of the molecule is Cc1ccc(F)c(CNC(=O)C2(C)CCCN2C(=O)C(C)C)c1F. The van der Waals surface area contributed by atoms with Crippen LogP contribution in [0.25, 0.3) is 0 Å². The average molecular weight is 338 g/mol. The quantitative estimate of drug-likeness (QED) is 0.918. The largest absolute Gasteiger partial charge is 0.350 e. The van der Waals surface area contributed by atoms with Gasteiger partial charge in [-0.05, 0) is 38.3 Å². The highest BCUT2D eigenvalue weighted by Crippen LogP contribution is 2.31. The van der Waals surface area contributed by atoms with Gasteiger partial charge in [-0.3, -0.25) is 9.59 Å². The molecular weight excluding hydrogens is 314 g/mol. The van der Waals surface area contributed by atoms with Crippen molar-refractivity contribution < 1.29 is 18.4 Å². The molecule has 0 radical (unpaired) electrons. The van der Waals surface area contributed by atoms with E-state index in [2.05, 4.69) is 5.32 Å². The Bertz CT molecular complexity index is 661. The number of nitrogens with zero attached hydrogens (tertiary/aromatic N) is 1. The second-order valence-corrected chi connectivity index (χ2v) is 6.86. The minimum absolute atomic E-state index is 0.0851. The number of halogens is 2. The van der Waals surface area contributed by atoms with Crippen LogP contribution < -0.4 is 5.32 Å². The van der Waals surface area contributed by atoms with Gasteiger partial charge in [0.15, 0.2) is 0 Å². The first kappa shape index (κ1) is 18.4. The summed E-state index contributed by atoms with van der Waals surface area (Å²) in [5, 5.41) is 2.60. The second kappa shape index (κ2) is 6.87. The first-order chi connectivity index (χ1) is 11.2. The minimum atomic E-state index is -0.974. The number of amides is 2. The summed E-state index contributed by atoms with van der Waals surface area (Å²) >= 11 is 0. The van der Waals surface area contributed by atoms with E-state index in [4.69, 9.17) is 0 Å². The zero-order chi connectivity index (χ0) is 18.1. The van der Waals surface area contributed by atoms with Crippen molar-refractivity contribution in [2.45, 2.75) is 52.6 Å². The molecule has 1 aromatic carbocycles. The zero-order valence-corrected chi connectivity index (χ0v) is 14.6. The van der Waals surface area contributed by atoms with Crippen LogP contribution >= 0.6 is 0 Å². The molecule has 4 nitrogen and oxygen atoms in total. The van der Waals surface area contributed by atoms with Crippen molar-refractivity contribution in [1.29, 1.82) is 0 Å². The van der Waals surface area contributed by atoms with Crippen LogP contribution in [0.15, 0.2) is 12.1 Å². The van der Waals surface area contributed by atoms with Crippen LogP contribution in [-0.2, 0) is 16.1 Å². The van der Waals surface area contributed by atoms with Gasteiger partial charge in [0.2, 0.25) is 11.8 Å². The number of carbonyl (C=O) groups is 2. The predicted molar refractivity (Wildman–Crippen MR) is 87.1 cm³/mol. The maximum atomic E-state index is 14.0. The Hall–Kier alpha value is -1.98. The lowest BCUT2D eigenvalue weighted by Crippen LogP contribution is -2.56. The van der Waals surface area contributed by atoms with Gasteiger partial charge in [0, 0.05) is 24.6 Å². The van der Waals surface area contributed by atoms with E-state index in [1.165, 1.54) is 12.1 Å². The minimum Gasteiger partial charge on any atom is -0.350 e. The second-order valence-electron chi connectivity index (χ2n) is 6.86. The Labute approximate surface area is 141 Å². The van der Waals surface area contributed by atoms with Crippen molar-refractivity contribution in [1.82, 2.24) is 10.2 Å². The van der Waals surface area contributed by atoms with Gasteiger partial charge >= 0.3 is 0 Å². The normalized spacial score (nSPS) is 20.5. The predicted octanol–water partition coefficient (Wildman–Crippen LogP) is 2.93. The average Bonchev–Trinajstić information content (AvgIpc) is 2.93. The lowest BCUT2D eigenvalue weighted by atomic mass is 9.96.